The molecule has 0 unspecified atom stereocenters. The largest absolute Gasteiger partial charge is 0.488 e. The molecule has 0 radical (unpaired) electrons. The number of nitrogens with zero attached hydrogens (tertiary/aromatic N) is 1. The van der Waals surface area contributed by atoms with Crippen molar-refractivity contribution in [2.45, 2.75) is 13.5 Å². The quantitative estimate of drug-likeness (QED) is 0.372. The predicted molar refractivity (Wildman–Crippen MR) is 118 cm³/mol. The van der Waals surface area contributed by atoms with Crippen LogP contribution < -0.4 is 15.5 Å². The maximum Gasteiger partial charge on any atom is 0.339 e. The smallest absolute Gasteiger partial charge is 0.339 e. The zero-order valence-corrected chi connectivity index (χ0v) is 17.2. The van der Waals surface area contributed by atoms with Gasteiger partial charge in [0.2, 0.25) is 0 Å². The SMILES string of the molecule is Cc1ccccc1NC(=O)NN=Cc1ccccc1OCc1ccc(Cl)c(Cl)c1. The monoisotopic (exact) mass is 427 g/mol. The van der Waals surface area contributed by atoms with E-state index in [4.69, 9.17) is 27.9 Å². The number of carbonyl (C=O) groups excluding carboxylic acids is 1. The minimum absolute atomic E-state index is 0.322. The van der Waals surface area contributed by atoms with Gasteiger partial charge in [0.25, 0.3) is 0 Å². The normalized spacial score (nSPS) is 10.7. The van der Waals surface area contributed by atoms with E-state index >= 15 is 0 Å². The van der Waals surface area contributed by atoms with E-state index in [0.717, 1.165) is 22.4 Å². The van der Waals surface area contributed by atoms with E-state index < -0.39 is 6.03 Å². The second-order valence-electron chi connectivity index (χ2n) is 6.21. The number of anilines is 1. The Balaban J connectivity index is 1.60. The highest BCUT2D eigenvalue weighted by Gasteiger charge is 2.05. The van der Waals surface area contributed by atoms with Crippen molar-refractivity contribution in [2.24, 2.45) is 5.10 Å². The van der Waals surface area contributed by atoms with Crippen molar-refractivity contribution >= 4 is 41.1 Å². The van der Waals surface area contributed by atoms with E-state index in [0.29, 0.717) is 22.4 Å². The number of aryl methyl sites for hydroxylation is 1. The van der Waals surface area contributed by atoms with E-state index in [9.17, 15) is 4.79 Å². The van der Waals surface area contributed by atoms with Crippen molar-refractivity contribution in [1.29, 1.82) is 0 Å². The summed E-state index contributed by atoms with van der Waals surface area (Å²) < 4.78 is 5.87. The first-order valence-electron chi connectivity index (χ1n) is 8.84. The fourth-order valence-corrected chi connectivity index (χ4v) is 2.85. The topological polar surface area (TPSA) is 62.7 Å². The molecule has 0 aliphatic rings. The van der Waals surface area contributed by atoms with Crippen LogP contribution in [0, 0.1) is 6.92 Å². The number of para-hydroxylation sites is 2. The number of hydrogen-bond acceptors (Lipinski definition) is 3. The number of carbonyl (C=O) groups is 1. The van der Waals surface area contributed by atoms with Gasteiger partial charge in [-0.15, -0.1) is 0 Å². The van der Waals surface area contributed by atoms with Crippen molar-refractivity contribution in [2.75, 3.05) is 5.32 Å². The van der Waals surface area contributed by atoms with Gasteiger partial charge in [-0.3, -0.25) is 0 Å². The molecule has 3 aromatic carbocycles. The molecule has 148 valence electrons. The van der Waals surface area contributed by atoms with Crippen LogP contribution in [0.1, 0.15) is 16.7 Å². The summed E-state index contributed by atoms with van der Waals surface area (Å²) in [6.45, 7) is 2.24. The highest BCUT2D eigenvalue weighted by atomic mass is 35.5. The summed E-state index contributed by atoms with van der Waals surface area (Å²) in [5.74, 6) is 0.628. The van der Waals surface area contributed by atoms with Crippen molar-refractivity contribution in [3.63, 3.8) is 0 Å². The van der Waals surface area contributed by atoms with Crippen LogP contribution in [-0.2, 0) is 6.61 Å². The Bertz CT molecular complexity index is 1040. The summed E-state index contributed by atoms with van der Waals surface area (Å²) in [7, 11) is 0. The molecule has 0 aliphatic heterocycles. The molecule has 0 saturated heterocycles. The number of ether oxygens (including phenoxy) is 1. The molecular weight excluding hydrogens is 409 g/mol. The number of nitrogens with one attached hydrogen (secondary N) is 2. The number of rotatable bonds is 6. The molecule has 5 nitrogen and oxygen atoms in total. The lowest BCUT2D eigenvalue weighted by Gasteiger charge is -2.10. The predicted octanol–water partition coefficient (Wildman–Crippen LogP) is 6.04. The van der Waals surface area contributed by atoms with E-state index in [1.807, 2.05) is 61.5 Å². The molecule has 7 heteroatoms. The highest BCUT2D eigenvalue weighted by molar-refractivity contribution is 6.42. The number of amides is 2. The summed E-state index contributed by atoms with van der Waals surface area (Å²) >= 11 is 12.0. The van der Waals surface area contributed by atoms with Gasteiger partial charge in [0.15, 0.2) is 0 Å². The van der Waals surface area contributed by atoms with Crippen LogP contribution in [0.4, 0.5) is 10.5 Å². The van der Waals surface area contributed by atoms with E-state index in [1.54, 1.807) is 12.1 Å². The number of benzene rings is 3. The Labute approximate surface area is 179 Å². The van der Waals surface area contributed by atoms with Crippen LogP contribution in [0.25, 0.3) is 0 Å². The minimum Gasteiger partial charge on any atom is -0.488 e. The number of halogens is 2. The first kappa shape index (κ1) is 20.7. The maximum absolute atomic E-state index is 12.0. The van der Waals surface area contributed by atoms with Crippen molar-refractivity contribution in [3.8, 4) is 5.75 Å². The second kappa shape index (κ2) is 9.96. The van der Waals surface area contributed by atoms with E-state index in [2.05, 4.69) is 15.8 Å². The van der Waals surface area contributed by atoms with Crippen molar-refractivity contribution in [3.05, 3.63) is 93.5 Å². The Kier molecular flexibility index (Phi) is 7.11. The van der Waals surface area contributed by atoms with Gasteiger partial charge in [-0.1, -0.05) is 59.6 Å². The average molecular weight is 428 g/mol. The molecule has 0 bridgehead atoms. The average Bonchev–Trinajstić information content (AvgIpc) is 2.71. The molecule has 2 N–H and O–H groups in total. The molecule has 3 rings (SSSR count). The van der Waals surface area contributed by atoms with Crippen LogP contribution in [0.15, 0.2) is 71.8 Å². The second-order valence-corrected chi connectivity index (χ2v) is 7.03. The Morgan fingerprint density at radius 1 is 1.03 bits per heavy atom. The molecule has 0 atom stereocenters. The van der Waals surface area contributed by atoms with E-state index in [-0.39, 0.29) is 0 Å². The standard InChI is InChI=1S/C22H19Cl2N3O2/c1-15-6-2-4-8-20(15)26-22(28)27-25-13-17-7-3-5-9-21(17)29-14-16-10-11-18(23)19(24)12-16/h2-13H,14H2,1H3,(H2,26,27,28). The van der Waals surface area contributed by atoms with Gasteiger partial charge >= 0.3 is 6.03 Å². The molecule has 29 heavy (non-hydrogen) atoms. The van der Waals surface area contributed by atoms with Crippen molar-refractivity contribution in [1.82, 2.24) is 5.43 Å². The molecule has 0 heterocycles. The van der Waals surface area contributed by atoms with Gasteiger partial charge in [0.05, 0.1) is 16.3 Å². The fourth-order valence-electron chi connectivity index (χ4n) is 2.53. The summed E-state index contributed by atoms with van der Waals surface area (Å²) in [5.41, 5.74) is 5.76. The first-order chi connectivity index (χ1) is 14.0. The van der Waals surface area contributed by atoms with Crippen LogP contribution in [-0.4, -0.2) is 12.2 Å². The van der Waals surface area contributed by atoms with Crippen LogP contribution in [0.5, 0.6) is 5.75 Å². The molecule has 0 fully saturated rings. The minimum atomic E-state index is -0.426. The number of urea groups is 1. The third-order valence-electron chi connectivity index (χ3n) is 4.06. The van der Waals surface area contributed by atoms with Gasteiger partial charge < -0.3 is 10.1 Å². The maximum atomic E-state index is 12.0. The molecule has 3 aromatic rings. The summed E-state index contributed by atoms with van der Waals surface area (Å²) in [4.78, 5) is 12.0. The van der Waals surface area contributed by atoms with Gasteiger partial charge in [-0.25, -0.2) is 10.2 Å². The van der Waals surface area contributed by atoms with Crippen molar-refractivity contribution < 1.29 is 9.53 Å². The van der Waals surface area contributed by atoms with Gasteiger partial charge in [0, 0.05) is 11.3 Å². The Morgan fingerprint density at radius 2 is 1.79 bits per heavy atom. The lowest BCUT2D eigenvalue weighted by Crippen LogP contribution is -2.24. The molecule has 0 aromatic heterocycles. The third kappa shape index (κ3) is 5.98. The lowest BCUT2D eigenvalue weighted by molar-refractivity contribution is 0.252. The number of hydrazone groups is 1. The molecule has 0 aliphatic carbocycles. The van der Waals surface area contributed by atoms with Gasteiger partial charge in [0.1, 0.15) is 12.4 Å². The van der Waals surface area contributed by atoms with Crippen LogP contribution in [0.2, 0.25) is 10.0 Å². The summed E-state index contributed by atoms with van der Waals surface area (Å²) in [6, 6.07) is 19.8. The zero-order valence-electron chi connectivity index (χ0n) is 15.7. The van der Waals surface area contributed by atoms with Crippen LogP contribution >= 0.6 is 23.2 Å². The lowest BCUT2D eigenvalue weighted by atomic mass is 10.2. The van der Waals surface area contributed by atoms with Crippen LogP contribution in [0.3, 0.4) is 0 Å². The first-order valence-corrected chi connectivity index (χ1v) is 9.60. The molecule has 0 spiro atoms. The van der Waals surface area contributed by atoms with Gasteiger partial charge in [-0.05, 0) is 48.4 Å². The number of hydrogen-bond donors (Lipinski definition) is 2. The molecule has 0 saturated carbocycles. The van der Waals surface area contributed by atoms with Gasteiger partial charge in [-0.2, -0.15) is 5.10 Å². The summed E-state index contributed by atoms with van der Waals surface area (Å²) in [5, 5.41) is 7.73. The highest BCUT2D eigenvalue weighted by Crippen LogP contribution is 2.24. The molecule has 2 amide bonds. The fraction of sp³-hybridized carbons (Fsp3) is 0.0909. The molecular formula is C22H19Cl2N3O2. The zero-order chi connectivity index (χ0) is 20.6. The third-order valence-corrected chi connectivity index (χ3v) is 4.80. The van der Waals surface area contributed by atoms with E-state index in [1.165, 1.54) is 6.21 Å². The summed E-state index contributed by atoms with van der Waals surface area (Å²) in [6.07, 6.45) is 1.53. The Hall–Kier alpha value is -3.02. The Morgan fingerprint density at radius 3 is 2.59 bits per heavy atom.